The molecule has 2 nitrogen and oxygen atoms in total. The van der Waals surface area contributed by atoms with Crippen molar-refractivity contribution in [2.75, 3.05) is 13.2 Å². The van der Waals surface area contributed by atoms with Gasteiger partial charge in [0.15, 0.2) is 0 Å². The van der Waals surface area contributed by atoms with E-state index in [1.807, 2.05) is 0 Å². The molecule has 0 heterocycles. The van der Waals surface area contributed by atoms with Crippen molar-refractivity contribution in [3.05, 3.63) is 0 Å². The lowest BCUT2D eigenvalue weighted by atomic mass is 9.86. The van der Waals surface area contributed by atoms with Crippen molar-refractivity contribution in [2.24, 2.45) is 17.8 Å². The van der Waals surface area contributed by atoms with E-state index in [1.165, 1.54) is 44.9 Å². The fourth-order valence-corrected chi connectivity index (χ4v) is 3.56. The first-order chi connectivity index (χ1) is 7.79. The third kappa shape index (κ3) is 3.21. The molecule has 0 bridgehead atoms. The second-order valence-corrected chi connectivity index (χ2v) is 6.01. The van der Waals surface area contributed by atoms with Gasteiger partial charge >= 0.3 is 0 Å². The second-order valence-electron chi connectivity index (χ2n) is 6.01. The molecule has 2 rings (SSSR count). The first-order valence-electron chi connectivity index (χ1n) is 7.14. The molecule has 94 valence electrons. The molecule has 0 aromatic carbocycles. The van der Waals surface area contributed by atoms with E-state index in [2.05, 4.69) is 12.2 Å². The summed E-state index contributed by atoms with van der Waals surface area (Å²) in [5, 5.41) is 13.0. The van der Waals surface area contributed by atoms with Gasteiger partial charge in [0.1, 0.15) is 0 Å². The topological polar surface area (TPSA) is 32.3 Å². The number of aliphatic hydroxyl groups is 1. The zero-order valence-corrected chi connectivity index (χ0v) is 10.6. The predicted molar refractivity (Wildman–Crippen MR) is 67.3 cm³/mol. The Labute approximate surface area is 99.8 Å². The fraction of sp³-hybridized carbons (Fsp3) is 1.00. The van der Waals surface area contributed by atoms with Crippen LogP contribution in [0, 0.1) is 17.8 Å². The van der Waals surface area contributed by atoms with Crippen LogP contribution in [0.2, 0.25) is 0 Å². The van der Waals surface area contributed by atoms with E-state index in [4.69, 9.17) is 0 Å². The predicted octanol–water partition coefficient (Wildman–Crippen LogP) is 2.56. The maximum atomic E-state index is 9.29. The summed E-state index contributed by atoms with van der Waals surface area (Å²) in [6.07, 6.45) is 9.41. The monoisotopic (exact) mass is 225 g/mol. The smallest absolute Gasteiger partial charge is 0.0462 e. The lowest BCUT2D eigenvalue weighted by Gasteiger charge is -2.29. The van der Waals surface area contributed by atoms with E-state index in [0.29, 0.717) is 12.5 Å². The second kappa shape index (κ2) is 6.02. The summed E-state index contributed by atoms with van der Waals surface area (Å²) < 4.78 is 0. The summed E-state index contributed by atoms with van der Waals surface area (Å²) in [5.74, 6) is 2.22. The Morgan fingerprint density at radius 1 is 1.06 bits per heavy atom. The Balaban J connectivity index is 1.70. The van der Waals surface area contributed by atoms with Crippen molar-refractivity contribution in [2.45, 2.75) is 57.9 Å². The lowest BCUT2D eigenvalue weighted by molar-refractivity contribution is 0.185. The van der Waals surface area contributed by atoms with Gasteiger partial charge in [-0.15, -0.1) is 0 Å². The van der Waals surface area contributed by atoms with E-state index in [1.54, 1.807) is 0 Å². The first-order valence-corrected chi connectivity index (χ1v) is 7.14. The van der Waals surface area contributed by atoms with Crippen LogP contribution in [0.15, 0.2) is 0 Å². The highest BCUT2D eigenvalue weighted by molar-refractivity contribution is 4.82. The molecule has 4 atom stereocenters. The van der Waals surface area contributed by atoms with Crippen LogP contribution in [-0.4, -0.2) is 24.3 Å². The van der Waals surface area contributed by atoms with E-state index in [-0.39, 0.29) is 0 Å². The molecule has 4 unspecified atom stereocenters. The van der Waals surface area contributed by atoms with Gasteiger partial charge in [-0.2, -0.15) is 0 Å². The minimum atomic E-state index is 0.396. The van der Waals surface area contributed by atoms with Crippen LogP contribution in [0.4, 0.5) is 0 Å². The molecule has 2 saturated carbocycles. The highest BCUT2D eigenvalue weighted by Gasteiger charge is 2.27. The summed E-state index contributed by atoms with van der Waals surface area (Å²) in [6.45, 7) is 3.91. The van der Waals surface area contributed by atoms with Crippen LogP contribution in [0.1, 0.15) is 51.9 Å². The SMILES string of the molecule is CC1CCCC(NCC2CCCC2CO)C1. The minimum absolute atomic E-state index is 0.396. The Hall–Kier alpha value is -0.0800. The number of hydrogen-bond donors (Lipinski definition) is 2. The van der Waals surface area contributed by atoms with Crippen LogP contribution in [0.3, 0.4) is 0 Å². The molecule has 2 heteroatoms. The van der Waals surface area contributed by atoms with Gasteiger partial charge in [0.05, 0.1) is 0 Å². The maximum Gasteiger partial charge on any atom is 0.0462 e. The zero-order valence-electron chi connectivity index (χ0n) is 10.6. The van der Waals surface area contributed by atoms with E-state index < -0.39 is 0 Å². The molecule has 0 aromatic heterocycles. The van der Waals surface area contributed by atoms with Gasteiger partial charge in [0.2, 0.25) is 0 Å². The molecular formula is C14H27NO. The largest absolute Gasteiger partial charge is 0.396 e. The molecule has 2 N–H and O–H groups in total. The maximum absolute atomic E-state index is 9.29. The number of nitrogens with one attached hydrogen (secondary N) is 1. The molecule has 0 aromatic rings. The summed E-state index contributed by atoms with van der Waals surface area (Å²) in [6, 6.07) is 0.753. The van der Waals surface area contributed by atoms with Crippen molar-refractivity contribution in [3.8, 4) is 0 Å². The van der Waals surface area contributed by atoms with Gasteiger partial charge in [-0.1, -0.05) is 26.2 Å². The van der Waals surface area contributed by atoms with Gasteiger partial charge in [0, 0.05) is 12.6 Å². The molecule has 2 aliphatic carbocycles. The molecule has 0 saturated heterocycles. The zero-order chi connectivity index (χ0) is 11.4. The standard InChI is InChI=1S/C14H27NO/c1-11-4-2-7-14(8-11)15-9-12-5-3-6-13(12)10-16/h11-16H,2-10H2,1H3. The van der Waals surface area contributed by atoms with Crippen molar-refractivity contribution in [3.63, 3.8) is 0 Å². The van der Waals surface area contributed by atoms with E-state index >= 15 is 0 Å². The fourth-order valence-electron chi connectivity index (χ4n) is 3.56. The van der Waals surface area contributed by atoms with Gasteiger partial charge in [-0.25, -0.2) is 0 Å². The summed E-state index contributed by atoms with van der Waals surface area (Å²) in [7, 11) is 0. The lowest BCUT2D eigenvalue weighted by Crippen LogP contribution is -2.37. The van der Waals surface area contributed by atoms with Gasteiger partial charge in [0.25, 0.3) is 0 Å². The average Bonchev–Trinajstić information content (AvgIpc) is 2.74. The molecule has 0 amide bonds. The quantitative estimate of drug-likeness (QED) is 0.770. The molecular weight excluding hydrogens is 198 g/mol. The van der Waals surface area contributed by atoms with Crippen LogP contribution in [-0.2, 0) is 0 Å². The normalized spacial score (nSPS) is 40.1. The average molecular weight is 225 g/mol. The van der Waals surface area contributed by atoms with E-state index in [9.17, 15) is 5.11 Å². The Kier molecular flexibility index (Phi) is 4.66. The summed E-state index contributed by atoms with van der Waals surface area (Å²) in [5.41, 5.74) is 0. The Bertz CT molecular complexity index is 207. The third-order valence-corrected chi connectivity index (χ3v) is 4.66. The highest BCUT2D eigenvalue weighted by atomic mass is 16.3. The van der Waals surface area contributed by atoms with Crippen molar-refractivity contribution < 1.29 is 5.11 Å². The molecule has 0 spiro atoms. The Morgan fingerprint density at radius 3 is 2.56 bits per heavy atom. The first kappa shape index (κ1) is 12.4. The molecule has 16 heavy (non-hydrogen) atoms. The molecule has 0 aliphatic heterocycles. The third-order valence-electron chi connectivity index (χ3n) is 4.66. The van der Waals surface area contributed by atoms with Gasteiger partial charge < -0.3 is 10.4 Å². The van der Waals surface area contributed by atoms with Crippen LogP contribution in [0.5, 0.6) is 0 Å². The van der Waals surface area contributed by atoms with Gasteiger partial charge in [-0.3, -0.25) is 0 Å². The number of aliphatic hydroxyl groups excluding tert-OH is 1. The number of hydrogen-bond acceptors (Lipinski definition) is 2. The van der Waals surface area contributed by atoms with Crippen molar-refractivity contribution >= 4 is 0 Å². The van der Waals surface area contributed by atoms with Gasteiger partial charge in [-0.05, 0) is 50.0 Å². The van der Waals surface area contributed by atoms with Crippen LogP contribution in [0.25, 0.3) is 0 Å². The van der Waals surface area contributed by atoms with Crippen LogP contribution < -0.4 is 5.32 Å². The number of rotatable bonds is 4. The highest BCUT2D eigenvalue weighted by Crippen LogP contribution is 2.31. The van der Waals surface area contributed by atoms with Crippen molar-refractivity contribution in [1.82, 2.24) is 5.32 Å². The van der Waals surface area contributed by atoms with Crippen molar-refractivity contribution in [1.29, 1.82) is 0 Å². The summed E-state index contributed by atoms with van der Waals surface area (Å²) >= 11 is 0. The van der Waals surface area contributed by atoms with Crippen LogP contribution >= 0.6 is 0 Å². The molecule has 2 fully saturated rings. The Morgan fingerprint density at radius 2 is 1.81 bits per heavy atom. The van der Waals surface area contributed by atoms with E-state index in [0.717, 1.165) is 24.4 Å². The minimum Gasteiger partial charge on any atom is -0.396 e. The molecule has 0 radical (unpaired) electrons. The summed E-state index contributed by atoms with van der Waals surface area (Å²) in [4.78, 5) is 0. The molecule has 2 aliphatic rings.